The molecule has 1 heterocycles. The molecule has 2 rings (SSSR count). The molecule has 0 radical (unpaired) electrons. The highest BCUT2D eigenvalue weighted by atomic mass is 16.4. The first kappa shape index (κ1) is 14.2. The summed E-state index contributed by atoms with van der Waals surface area (Å²) in [7, 11) is 0. The number of carboxylic acids is 1. The molecule has 5 heteroatoms. The number of ketones is 1. The molecule has 1 amide bonds. The topological polar surface area (TPSA) is 74.7 Å². The van der Waals surface area contributed by atoms with Gasteiger partial charge in [0.05, 0.1) is 0 Å². The van der Waals surface area contributed by atoms with E-state index in [0.717, 1.165) is 17.7 Å². The number of amides is 1. The van der Waals surface area contributed by atoms with Crippen molar-refractivity contribution in [1.29, 1.82) is 0 Å². The summed E-state index contributed by atoms with van der Waals surface area (Å²) in [5, 5.41) is 8.58. The van der Waals surface area contributed by atoms with Crippen LogP contribution >= 0.6 is 0 Å². The quantitative estimate of drug-likeness (QED) is 0.834. The average Bonchev–Trinajstić information content (AvgIpc) is 2.80. The smallest absolute Gasteiger partial charge is 0.303 e. The summed E-state index contributed by atoms with van der Waals surface area (Å²) in [6.45, 7) is 2.12. The van der Waals surface area contributed by atoms with Gasteiger partial charge in [0.25, 0.3) is 0 Å². The second kappa shape index (κ2) is 5.86. The van der Waals surface area contributed by atoms with Crippen molar-refractivity contribution in [3.05, 3.63) is 29.3 Å². The molecule has 1 N–H and O–H groups in total. The lowest BCUT2D eigenvalue weighted by atomic mass is 10.1. The highest BCUT2D eigenvalue weighted by molar-refractivity contribution is 5.98. The maximum absolute atomic E-state index is 12.1. The molecule has 5 nitrogen and oxygen atoms in total. The molecule has 20 heavy (non-hydrogen) atoms. The Balaban J connectivity index is 2.06. The SMILES string of the molecule is CC(=O)c1ccc2c(c1)CCN2C(=O)CCCC(=O)O. The van der Waals surface area contributed by atoms with Crippen LogP contribution in [0.2, 0.25) is 0 Å². The third kappa shape index (κ3) is 3.04. The molecule has 1 aliphatic heterocycles. The van der Waals surface area contributed by atoms with E-state index in [1.165, 1.54) is 6.92 Å². The fourth-order valence-corrected chi connectivity index (χ4v) is 2.41. The summed E-state index contributed by atoms with van der Waals surface area (Å²) < 4.78 is 0. The highest BCUT2D eigenvalue weighted by Crippen LogP contribution is 2.29. The monoisotopic (exact) mass is 275 g/mol. The molecular formula is C15H17NO4. The third-order valence-corrected chi connectivity index (χ3v) is 3.46. The zero-order valence-electron chi connectivity index (χ0n) is 11.4. The van der Waals surface area contributed by atoms with Crippen molar-refractivity contribution in [2.24, 2.45) is 0 Å². The number of carbonyl (C=O) groups is 3. The maximum Gasteiger partial charge on any atom is 0.303 e. The second-order valence-corrected chi connectivity index (χ2v) is 4.94. The number of aliphatic carboxylic acids is 1. The molecule has 0 aromatic heterocycles. The lowest BCUT2D eigenvalue weighted by Gasteiger charge is -2.17. The molecule has 1 aromatic carbocycles. The van der Waals surface area contributed by atoms with Crippen LogP contribution in [0, 0.1) is 0 Å². The van der Waals surface area contributed by atoms with E-state index in [-0.39, 0.29) is 24.5 Å². The van der Waals surface area contributed by atoms with Gasteiger partial charge < -0.3 is 10.0 Å². The summed E-state index contributed by atoms with van der Waals surface area (Å²) in [5.41, 5.74) is 2.50. The first-order chi connectivity index (χ1) is 9.49. The fourth-order valence-electron chi connectivity index (χ4n) is 2.41. The minimum atomic E-state index is -0.884. The van der Waals surface area contributed by atoms with E-state index >= 15 is 0 Å². The van der Waals surface area contributed by atoms with Crippen LogP contribution in [-0.2, 0) is 16.0 Å². The van der Waals surface area contributed by atoms with Crippen molar-refractivity contribution in [1.82, 2.24) is 0 Å². The van der Waals surface area contributed by atoms with Crippen molar-refractivity contribution in [3.8, 4) is 0 Å². The molecule has 0 spiro atoms. The predicted molar refractivity (Wildman–Crippen MR) is 74.0 cm³/mol. The first-order valence-corrected chi connectivity index (χ1v) is 6.65. The number of anilines is 1. The van der Waals surface area contributed by atoms with Crippen molar-refractivity contribution in [2.45, 2.75) is 32.6 Å². The highest BCUT2D eigenvalue weighted by Gasteiger charge is 2.24. The van der Waals surface area contributed by atoms with Gasteiger partial charge in [0.1, 0.15) is 0 Å². The second-order valence-electron chi connectivity index (χ2n) is 4.94. The Morgan fingerprint density at radius 2 is 2.00 bits per heavy atom. The molecule has 0 saturated carbocycles. The van der Waals surface area contributed by atoms with Crippen LogP contribution < -0.4 is 4.90 Å². The van der Waals surface area contributed by atoms with Gasteiger partial charge in [-0.1, -0.05) is 0 Å². The molecule has 0 bridgehead atoms. The van der Waals surface area contributed by atoms with E-state index in [0.29, 0.717) is 18.5 Å². The predicted octanol–water partition coefficient (Wildman–Crippen LogP) is 2.03. The minimum Gasteiger partial charge on any atom is -0.481 e. The van der Waals surface area contributed by atoms with Crippen LogP contribution in [0.3, 0.4) is 0 Å². The number of carbonyl (C=O) groups excluding carboxylic acids is 2. The lowest BCUT2D eigenvalue weighted by Crippen LogP contribution is -2.28. The largest absolute Gasteiger partial charge is 0.481 e. The molecule has 0 atom stereocenters. The molecule has 106 valence electrons. The van der Waals surface area contributed by atoms with Gasteiger partial charge in [-0.15, -0.1) is 0 Å². The van der Waals surface area contributed by atoms with Crippen LogP contribution in [0.4, 0.5) is 5.69 Å². The van der Waals surface area contributed by atoms with Gasteiger partial charge in [0, 0.05) is 30.6 Å². The Hall–Kier alpha value is -2.17. The average molecular weight is 275 g/mol. The molecule has 0 fully saturated rings. The van der Waals surface area contributed by atoms with Crippen molar-refractivity contribution in [3.63, 3.8) is 0 Å². The fraction of sp³-hybridized carbons (Fsp3) is 0.400. The molecule has 1 aromatic rings. The first-order valence-electron chi connectivity index (χ1n) is 6.65. The standard InChI is InChI=1S/C15H17NO4/c1-10(17)11-5-6-13-12(9-11)7-8-16(13)14(18)3-2-4-15(19)20/h5-6,9H,2-4,7-8H2,1H3,(H,19,20). The molecule has 0 aliphatic carbocycles. The number of fused-ring (bicyclic) bond motifs is 1. The number of rotatable bonds is 5. The van der Waals surface area contributed by atoms with Gasteiger partial charge in [0.15, 0.2) is 5.78 Å². The van der Waals surface area contributed by atoms with Gasteiger partial charge in [-0.2, -0.15) is 0 Å². The molecular weight excluding hydrogens is 258 g/mol. The van der Waals surface area contributed by atoms with Gasteiger partial charge >= 0.3 is 5.97 Å². The normalized spacial score (nSPS) is 13.2. The number of nitrogens with zero attached hydrogens (tertiary/aromatic N) is 1. The van der Waals surface area contributed by atoms with E-state index in [1.54, 1.807) is 17.0 Å². The summed E-state index contributed by atoms with van der Waals surface area (Å²) in [6, 6.07) is 5.36. The number of Topliss-reactive ketones (excluding diaryl/α,β-unsaturated/α-hetero) is 1. The third-order valence-electron chi connectivity index (χ3n) is 3.46. The molecule has 0 saturated heterocycles. The number of benzene rings is 1. The number of hydrogen-bond acceptors (Lipinski definition) is 3. The minimum absolute atomic E-state index is 0.00963. The lowest BCUT2D eigenvalue weighted by molar-refractivity contribution is -0.137. The summed E-state index contributed by atoms with van der Waals surface area (Å²) >= 11 is 0. The van der Waals surface area contributed by atoms with Gasteiger partial charge in [0.2, 0.25) is 5.91 Å². The van der Waals surface area contributed by atoms with Crippen LogP contribution in [0.15, 0.2) is 18.2 Å². The zero-order valence-corrected chi connectivity index (χ0v) is 11.4. The number of carboxylic acid groups (broad SMARTS) is 1. The zero-order chi connectivity index (χ0) is 14.7. The molecule has 1 aliphatic rings. The van der Waals surface area contributed by atoms with Crippen LogP contribution in [0.25, 0.3) is 0 Å². The van der Waals surface area contributed by atoms with Gasteiger partial charge in [-0.3, -0.25) is 14.4 Å². The Bertz CT molecular complexity index is 565. The van der Waals surface area contributed by atoms with Crippen LogP contribution in [-0.4, -0.2) is 29.3 Å². The van der Waals surface area contributed by atoms with E-state index in [4.69, 9.17) is 5.11 Å². The van der Waals surface area contributed by atoms with Crippen LogP contribution in [0.5, 0.6) is 0 Å². The van der Waals surface area contributed by atoms with E-state index in [9.17, 15) is 14.4 Å². The maximum atomic E-state index is 12.1. The van der Waals surface area contributed by atoms with E-state index in [2.05, 4.69) is 0 Å². The summed E-state index contributed by atoms with van der Waals surface area (Å²) in [5.74, 6) is -0.926. The van der Waals surface area contributed by atoms with Gasteiger partial charge in [-0.25, -0.2) is 0 Å². The van der Waals surface area contributed by atoms with Crippen molar-refractivity contribution in [2.75, 3.05) is 11.4 Å². The van der Waals surface area contributed by atoms with E-state index < -0.39 is 5.97 Å². The summed E-state index contributed by atoms with van der Waals surface area (Å²) in [4.78, 5) is 35.5. The number of hydrogen-bond donors (Lipinski definition) is 1. The Morgan fingerprint density at radius 3 is 2.65 bits per heavy atom. The van der Waals surface area contributed by atoms with E-state index in [1.807, 2.05) is 6.07 Å². The Morgan fingerprint density at radius 1 is 1.25 bits per heavy atom. The summed E-state index contributed by atoms with van der Waals surface area (Å²) in [6.07, 6.45) is 1.34. The Labute approximate surface area is 117 Å². The van der Waals surface area contributed by atoms with Gasteiger partial charge in [-0.05, 0) is 43.5 Å². The van der Waals surface area contributed by atoms with Crippen molar-refractivity contribution < 1.29 is 19.5 Å². The Kier molecular flexibility index (Phi) is 4.17. The van der Waals surface area contributed by atoms with Crippen LogP contribution in [0.1, 0.15) is 42.1 Å². The van der Waals surface area contributed by atoms with Crippen molar-refractivity contribution >= 4 is 23.3 Å². The molecule has 0 unspecified atom stereocenters.